The third-order valence-electron chi connectivity index (χ3n) is 3.68. The van der Waals surface area contributed by atoms with Gasteiger partial charge in [-0.3, -0.25) is 4.79 Å². The number of pyridine rings is 1. The highest BCUT2D eigenvalue weighted by molar-refractivity contribution is 6.31. The molecule has 0 radical (unpaired) electrons. The van der Waals surface area contributed by atoms with Crippen molar-refractivity contribution in [1.82, 2.24) is 4.98 Å². The molecule has 3 nitrogen and oxygen atoms in total. The van der Waals surface area contributed by atoms with E-state index < -0.39 is 0 Å². The molecule has 4 heteroatoms. The van der Waals surface area contributed by atoms with Crippen LogP contribution < -0.4 is 5.32 Å². The van der Waals surface area contributed by atoms with E-state index in [0.29, 0.717) is 5.82 Å². The van der Waals surface area contributed by atoms with Crippen LogP contribution >= 0.6 is 11.6 Å². The van der Waals surface area contributed by atoms with E-state index in [2.05, 4.69) is 10.3 Å². The Kier molecular flexibility index (Phi) is 3.45. The van der Waals surface area contributed by atoms with Crippen LogP contribution in [0.3, 0.4) is 0 Å². The minimum Gasteiger partial charge on any atom is -0.310 e. The number of anilines is 1. The van der Waals surface area contributed by atoms with E-state index in [9.17, 15) is 4.79 Å². The monoisotopic (exact) mass is 286 g/mol. The molecule has 0 unspecified atom stereocenters. The average Bonchev–Trinajstić information content (AvgIpc) is 3.22. The maximum absolute atomic E-state index is 12.2. The van der Waals surface area contributed by atoms with Crippen molar-refractivity contribution < 1.29 is 4.79 Å². The fourth-order valence-electron chi connectivity index (χ4n) is 2.43. The zero-order valence-electron chi connectivity index (χ0n) is 11.1. The molecule has 20 heavy (non-hydrogen) atoms. The van der Waals surface area contributed by atoms with Gasteiger partial charge in [-0.15, -0.1) is 0 Å². The number of benzene rings is 1. The number of carbonyl (C=O) groups is 1. The highest BCUT2D eigenvalue weighted by Crippen LogP contribution is 2.49. The molecule has 0 aliphatic heterocycles. The van der Waals surface area contributed by atoms with Gasteiger partial charge in [0.15, 0.2) is 0 Å². The van der Waals surface area contributed by atoms with E-state index in [4.69, 9.17) is 11.6 Å². The number of nitrogens with zero attached hydrogens (tertiary/aromatic N) is 1. The molecule has 0 saturated heterocycles. The van der Waals surface area contributed by atoms with Crippen LogP contribution in [0.15, 0.2) is 42.6 Å². The predicted molar refractivity (Wildman–Crippen MR) is 79.9 cm³/mol. The third-order valence-corrected chi connectivity index (χ3v) is 4.03. The van der Waals surface area contributed by atoms with Crippen LogP contribution in [0.2, 0.25) is 5.02 Å². The molecule has 1 aromatic heterocycles. The lowest BCUT2D eigenvalue weighted by Gasteiger charge is -2.07. The number of amides is 1. The molecular formula is C16H15ClN2O. The molecule has 1 amide bonds. The molecule has 102 valence electrons. The number of hydrogen-bond donors (Lipinski definition) is 1. The molecule has 2 atom stereocenters. The lowest BCUT2D eigenvalue weighted by Crippen LogP contribution is -2.16. The van der Waals surface area contributed by atoms with E-state index in [1.807, 2.05) is 43.3 Å². The van der Waals surface area contributed by atoms with E-state index >= 15 is 0 Å². The Morgan fingerprint density at radius 3 is 2.85 bits per heavy atom. The summed E-state index contributed by atoms with van der Waals surface area (Å²) in [6.07, 6.45) is 2.53. The van der Waals surface area contributed by atoms with Gasteiger partial charge in [-0.05, 0) is 42.5 Å². The van der Waals surface area contributed by atoms with Crippen molar-refractivity contribution in [3.63, 3.8) is 0 Å². The number of halogens is 1. The van der Waals surface area contributed by atoms with Crippen molar-refractivity contribution in [2.45, 2.75) is 19.3 Å². The van der Waals surface area contributed by atoms with Crippen LogP contribution in [-0.2, 0) is 4.79 Å². The van der Waals surface area contributed by atoms with Gasteiger partial charge in [-0.1, -0.05) is 35.9 Å². The highest BCUT2D eigenvalue weighted by atomic mass is 35.5. The molecule has 1 aliphatic rings. The van der Waals surface area contributed by atoms with Crippen LogP contribution in [0.5, 0.6) is 0 Å². The molecule has 1 N–H and O–H groups in total. The number of hydrogen-bond acceptors (Lipinski definition) is 2. The van der Waals surface area contributed by atoms with Gasteiger partial charge in [0.1, 0.15) is 5.82 Å². The molecule has 1 aliphatic carbocycles. The first-order chi connectivity index (χ1) is 9.66. The van der Waals surface area contributed by atoms with Crippen LogP contribution in [0.1, 0.15) is 23.5 Å². The quantitative estimate of drug-likeness (QED) is 0.933. The summed E-state index contributed by atoms with van der Waals surface area (Å²) in [5.41, 5.74) is 2.03. The summed E-state index contributed by atoms with van der Waals surface area (Å²) in [5, 5.41) is 3.64. The van der Waals surface area contributed by atoms with Crippen molar-refractivity contribution >= 4 is 23.3 Å². The number of nitrogens with one attached hydrogen (secondary N) is 1. The van der Waals surface area contributed by atoms with Crippen molar-refractivity contribution in [3.05, 3.63) is 58.7 Å². The van der Waals surface area contributed by atoms with Crippen molar-refractivity contribution in [3.8, 4) is 0 Å². The summed E-state index contributed by atoms with van der Waals surface area (Å²) in [6, 6.07) is 11.5. The Morgan fingerprint density at radius 2 is 2.10 bits per heavy atom. The average molecular weight is 287 g/mol. The summed E-state index contributed by atoms with van der Waals surface area (Å²) in [7, 11) is 0. The summed E-state index contributed by atoms with van der Waals surface area (Å²) in [6.45, 7) is 1.93. The number of carbonyl (C=O) groups excluding carboxylic acids is 1. The molecule has 1 heterocycles. The second-order valence-electron chi connectivity index (χ2n) is 5.13. The smallest absolute Gasteiger partial charge is 0.229 e. The van der Waals surface area contributed by atoms with Gasteiger partial charge in [0, 0.05) is 17.1 Å². The first kappa shape index (κ1) is 13.1. The summed E-state index contributed by atoms with van der Waals surface area (Å²) in [5.74, 6) is 0.892. The van der Waals surface area contributed by atoms with Gasteiger partial charge in [0.25, 0.3) is 0 Å². The topological polar surface area (TPSA) is 42.0 Å². The molecular weight excluding hydrogens is 272 g/mol. The van der Waals surface area contributed by atoms with Gasteiger partial charge in [0.2, 0.25) is 5.91 Å². The van der Waals surface area contributed by atoms with Crippen LogP contribution in [0, 0.1) is 12.8 Å². The maximum Gasteiger partial charge on any atom is 0.229 e. The van der Waals surface area contributed by atoms with Crippen LogP contribution in [-0.4, -0.2) is 10.9 Å². The number of rotatable bonds is 3. The van der Waals surface area contributed by atoms with E-state index in [1.54, 1.807) is 6.20 Å². The lowest BCUT2D eigenvalue weighted by atomic mass is 10.1. The first-order valence-electron chi connectivity index (χ1n) is 6.63. The largest absolute Gasteiger partial charge is 0.310 e. The molecule has 2 aromatic rings. The van der Waals surface area contributed by atoms with Gasteiger partial charge >= 0.3 is 0 Å². The fourth-order valence-corrected chi connectivity index (χ4v) is 2.71. The summed E-state index contributed by atoms with van der Waals surface area (Å²) >= 11 is 6.17. The summed E-state index contributed by atoms with van der Waals surface area (Å²) < 4.78 is 0. The predicted octanol–water partition coefficient (Wildman–Crippen LogP) is 3.79. The zero-order valence-corrected chi connectivity index (χ0v) is 11.9. The molecule has 1 aromatic carbocycles. The number of aromatic nitrogens is 1. The van der Waals surface area contributed by atoms with Crippen LogP contribution in [0.25, 0.3) is 0 Å². The zero-order chi connectivity index (χ0) is 14.1. The minimum atomic E-state index is -0.00342. The molecule has 0 spiro atoms. The Morgan fingerprint density at radius 1 is 1.30 bits per heavy atom. The van der Waals surface area contributed by atoms with Crippen molar-refractivity contribution in [2.75, 3.05) is 5.32 Å². The summed E-state index contributed by atoms with van der Waals surface area (Å²) in [4.78, 5) is 16.4. The SMILES string of the molecule is Cc1cccnc1NC(=O)[C@@H]1C[C@H]1c1ccccc1Cl. The second-order valence-corrected chi connectivity index (χ2v) is 5.54. The van der Waals surface area contributed by atoms with Crippen LogP contribution in [0.4, 0.5) is 5.82 Å². The lowest BCUT2D eigenvalue weighted by molar-refractivity contribution is -0.117. The Hall–Kier alpha value is -1.87. The first-order valence-corrected chi connectivity index (χ1v) is 7.01. The van der Waals surface area contributed by atoms with E-state index in [0.717, 1.165) is 22.6 Å². The third kappa shape index (κ3) is 2.54. The van der Waals surface area contributed by atoms with Gasteiger partial charge in [-0.2, -0.15) is 0 Å². The van der Waals surface area contributed by atoms with Gasteiger partial charge in [0.05, 0.1) is 0 Å². The minimum absolute atomic E-state index is 0.00342. The Balaban J connectivity index is 1.69. The van der Waals surface area contributed by atoms with Gasteiger partial charge < -0.3 is 5.32 Å². The highest BCUT2D eigenvalue weighted by Gasteiger charge is 2.44. The van der Waals surface area contributed by atoms with E-state index in [1.165, 1.54) is 0 Å². The second kappa shape index (κ2) is 5.25. The Bertz CT molecular complexity index is 656. The van der Waals surface area contributed by atoms with Crippen molar-refractivity contribution in [2.24, 2.45) is 5.92 Å². The number of aryl methyl sites for hydroxylation is 1. The molecule has 0 bridgehead atoms. The molecule has 1 saturated carbocycles. The molecule has 1 fully saturated rings. The normalized spacial score (nSPS) is 20.5. The molecule has 3 rings (SSSR count). The van der Waals surface area contributed by atoms with E-state index in [-0.39, 0.29) is 17.7 Å². The van der Waals surface area contributed by atoms with Crippen molar-refractivity contribution in [1.29, 1.82) is 0 Å². The standard InChI is InChI=1S/C16H15ClN2O/c1-10-5-4-8-18-15(10)19-16(20)13-9-12(13)11-6-2-3-7-14(11)17/h2-8,12-13H,9H2,1H3,(H,18,19,20)/t12-,13+/m0/s1. The maximum atomic E-state index is 12.2. The fraction of sp³-hybridized carbons (Fsp3) is 0.250. The Labute approximate surface area is 123 Å². The van der Waals surface area contributed by atoms with Gasteiger partial charge in [-0.25, -0.2) is 4.98 Å².